The molecule has 30 heavy (non-hydrogen) atoms. The zero-order valence-corrected chi connectivity index (χ0v) is 16.8. The van der Waals surface area contributed by atoms with E-state index in [1.165, 1.54) is 10.9 Å². The summed E-state index contributed by atoms with van der Waals surface area (Å²) in [6.07, 6.45) is 0. The SMILES string of the molecule is CCn1c2ccccc2c2cc([C@H]3C(C#N)=C(N)Oc4n[nH]c(COC)c43)ccc21. The monoisotopic (exact) mass is 399 g/mol. The van der Waals surface area contributed by atoms with Gasteiger partial charge < -0.3 is 19.8 Å². The molecule has 1 aliphatic heterocycles. The second kappa shape index (κ2) is 6.94. The van der Waals surface area contributed by atoms with Gasteiger partial charge in [0.15, 0.2) is 0 Å². The van der Waals surface area contributed by atoms with Crippen LogP contribution in [0.3, 0.4) is 0 Å². The standard InChI is InChI=1S/C23H21N5O2/c1-3-28-18-7-5-4-6-14(18)15-10-13(8-9-19(15)28)20-16(11-24)22(25)30-23-21(20)17(12-29-2)26-27-23/h4-10,20H,3,12,25H2,1-2H3,(H,26,27)/t20-/m0/s1. The van der Waals surface area contributed by atoms with E-state index in [9.17, 15) is 5.26 Å². The van der Waals surface area contributed by atoms with Gasteiger partial charge in [0.25, 0.3) is 0 Å². The van der Waals surface area contributed by atoms with Gasteiger partial charge in [0, 0.05) is 35.5 Å². The third-order valence-electron chi connectivity index (χ3n) is 5.75. The fourth-order valence-electron chi connectivity index (χ4n) is 4.49. The number of rotatable bonds is 4. The van der Waals surface area contributed by atoms with E-state index in [1.807, 2.05) is 6.07 Å². The summed E-state index contributed by atoms with van der Waals surface area (Å²) < 4.78 is 13.2. The molecule has 0 spiro atoms. The number of nitrogens with two attached hydrogens (primary N) is 1. The summed E-state index contributed by atoms with van der Waals surface area (Å²) in [6, 6.07) is 16.9. The van der Waals surface area contributed by atoms with Crippen molar-refractivity contribution in [2.45, 2.75) is 26.0 Å². The van der Waals surface area contributed by atoms with Crippen LogP contribution in [0, 0.1) is 11.3 Å². The first-order valence-electron chi connectivity index (χ1n) is 9.82. The Hall–Kier alpha value is -3.76. The van der Waals surface area contributed by atoms with Crippen LogP contribution in [0.2, 0.25) is 0 Å². The molecule has 0 amide bonds. The van der Waals surface area contributed by atoms with Crippen molar-refractivity contribution in [3.8, 4) is 11.9 Å². The van der Waals surface area contributed by atoms with E-state index in [1.54, 1.807) is 7.11 Å². The zero-order valence-electron chi connectivity index (χ0n) is 16.8. The van der Waals surface area contributed by atoms with Crippen LogP contribution in [-0.2, 0) is 17.9 Å². The Bertz CT molecular complexity index is 1360. The fraction of sp³-hybridized carbons (Fsp3) is 0.217. The number of H-pyrrole nitrogens is 1. The van der Waals surface area contributed by atoms with Gasteiger partial charge in [-0.3, -0.25) is 5.10 Å². The predicted octanol–water partition coefficient (Wildman–Crippen LogP) is 3.90. The highest BCUT2D eigenvalue weighted by Gasteiger charge is 2.35. The van der Waals surface area contributed by atoms with Crippen molar-refractivity contribution in [2.75, 3.05) is 7.11 Å². The Labute approximate surface area is 173 Å². The van der Waals surface area contributed by atoms with Crippen molar-refractivity contribution in [3.63, 3.8) is 0 Å². The van der Waals surface area contributed by atoms with E-state index in [-0.39, 0.29) is 11.8 Å². The average molecular weight is 399 g/mol. The van der Waals surface area contributed by atoms with Crippen LogP contribution in [0.4, 0.5) is 0 Å². The summed E-state index contributed by atoms with van der Waals surface area (Å²) in [5, 5.41) is 19.4. The van der Waals surface area contributed by atoms with Crippen molar-refractivity contribution in [2.24, 2.45) is 5.73 Å². The lowest BCUT2D eigenvalue weighted by molar-refractivity contribution is 0.180. The number of aromatic amines is 1. The molecule has 0 saturated carbocycles. The van der Waals surface area contributed by atoms with Crippen LogP contribution in [-0.4, -0.2) is 21.9 Å². The molecule has 1 atom stereocenters. The molecule has 4 aromatic rings. The highest BCUT2D eigenvalue weighted by atomic mass is 16.5. The van der Waals surface area contributed by atoms with E-state index in [0.717, 1.165) is 34.3 Å². The van der Waals surface area contributed by atoms with Gasteiger partial charge in [-0.05, 0) is 30.7 Å². The van der Waals surface area contributed by atoms with Gasteiger partial charge in [0.1, 0.15) is 11.6 Å². The van der Waals surface area contributed by atoms with Gasteiger partial charge in [0.05, 0.1) is 23.8 Å². The molecule has 2 aromatic carbocycles. The van der Waals surface area contributed by atoms with E-state index < -0.39 is 0 Å². The number of benzene rings is 2. The number of nitrogens with zero attached hydrogens (tertiary/aromatic N) is 3. The summed E-state index contributed by atoms with van der Waals surface area (Å²) in [6.45, 7) is 3.35. The number of nitriles is 1. The zero-order chi connectivity index (χ0) is 20.8. The molecule has 5 rings (SSSR count). The molecule has 150 valence electrons. The Kier molecular flexibility index (Phi) is 4.23. The lowest BCUT2D eigenvalue weighted by Gasteiger charge is -2.24. The number of aryl methyl sites for hydroxylation is 1. The Balaban J connectivity index is 1.78. The number of ether oxygens (including phenoxy) is 2. The summed E-state index contributed by atoms with van der Waals surface area (Å²) in [5.41, 5.74) is 11.3. The van der Waals surface area contributed by atoms with Crippen LogP contribution in [0.15, 0.2) is 53.9 Å². The van der Waals surface area contributed by atoms with E-state index >= 15 is 0 Å². The third-order valence-corrected chi connectivity index (χ3v) is 5.75. The van der Waals surface area contributed by atoms with E-state index in [4.69, 9.17) is 15.2 Å². The van der Waals surface area contributed by atoms with Crippen molar-refractivity contribution >= 4 is 21.8 Å². The molecule has 1 aliphatic rings. The largest absolute Gasteiger partial charge is 0.420 e. The second-order valence-electron chi connectivity index (χ2n) is 7.32. The van der Waals surface area contributed by atoms with Crippen LogP contribution >= 0.6 is 0 Å². The number of hydrogen-bond acceptors (Lipinski definition) is 5. The molecule has 3 heterocycles. The van der Waals surface area contributed by atoms with Crippen LogP contribution in [0.1, 0.15) is 29.7 Å². The number of aromatic nitrogens is 3. The molecule has 0 unspecified atom stereocenters. The highest BCUT2D eigenvalue weighted by Crippen LogP contribution is 2.44. The first-order chi connectivity index (χ1) is 14.7. The van der Waals surface area contributed by atoms with Crippen LogP contribution in [0.5, 0.6) is 5.88 Å². The van der Waals surface area contributed by atoms with Crippen LogP contribution < -0.4 is 10.5 Å². The molecule has 0 bridgehead atoms. The minimum absolute atomic E-state index is 0.0848. The van der Waals surface area contributed by atoms with Crippen molar-refractivity contribution in [3.05, 3.63) is 70.7 Å². The van der Waals surface area contributed by atoms with E-state index in [2.05, 4.69) is 64.2 Å². The van der Waals surface area contributed by atoms with Crippen molar-refractivity contribution in [1.82, 2.24) is 14.8 Å². The quantitative estimate of drug-likeness (QED) is 0.542. The first-order valence-corrected chi connectivity index (χ1v) is 9.82. The predicted molar refractivity (Wildman–Crippen MR) is 114 cm³/mol. The Morgan fingerprint density at radius 2 is 2.03 bits per heavy atom. The molecule has 0 fully saturated rings. The first kappa shape index (κ1) is 18.3. The molecule has 0 saturated heterocycles. The van der Waals surface area contributed by atoms with Gasteiger partial charge in [-0.25, -0.2) is 0 Å². The minimum Gasteiger partial charge on any atom is -0.420 e. The molecule has 0 radical (unpaired) electrons. The number of methoxy groups -OCH3 is 1. The number of allylic oxidation sites excluding steroid dienone is 1. The molecule has 2 aromatic heterocycles. The number of para-hydroxylation sites is 1. The van der Waals surface area contributed by atoms with Gasteiger partial charge >= 0.3 is 0 Å². The number of nitrogens with one attached hydrogen (secondary N) is 1. The molecule has 7 heteroatoms. The average Bonchev–Trinajstić information content (AvgIpc) is 3.31. The molecule has 3 N–H and O–H groups in total. The summed E-state index contributed by atoms with van der Waals surface area (Å²) in [7, 11) is 1.62. The van der Waals surface area contributed by atoms with E-state index in [0.29, 0.717) is 18.1 Å². The lowest BCUT2D eigenvalue weighted by atomic mass is 9.83. The lowest BCUT2D eigenvalue weighted by Crippen LogP contribution is -2.21. The molecular weight excluding hydrogens is 378 g/mol. The van der Waals surface area contributed by atoms with Gasteiger partial charge in [-0.15, -0.1) is 5.10 Å². The topological polar surface area (TPSA) is 102 Å². The molecular formula is C23H21N5O2. The van der Waals surface area contributed by atoms with Crippen molar-refractivity contribution < 1.29 is 9.47 Å². The van der Waals surface area contributed by atoms with Gasteiger partial charge in [-0.1, -0.05) is 24.3 Å². The smallest absolute Gasteiger partial charge is 0.244 e. The van der Waals surface area contributed by atoms with Gasteiger partial charge in [0.2, 0.25) is 11.8 Å². The van der Waals surface area contributed by atoms with Gasteiger partial charge in [-0.2, -0.15) is 5.26 Å². The number of hydrogen-bond donors (Lipinski definition) is 2. The fourth-order valence-corrected chi connectivity index (χ4v) is 4.49. The summed E-state index contributed by atoms with van der Waals surface area (Å²) in [4.78, 5) is 0. The molecule has 7 nitrogen and oxygen atoms in total. The summed E-state index contributed by atoms with van der Waals surface area (Å²) >= 11 is 0. The second-order valence-corrected chi connectivity index (χ2v) is 7.32. The minimum atomic E-state index is -0.379. The Morgan fingerprint density at radius 1 is 1.23 bits per heavy atom. The maximum absolute atomic E-state index is 9.87. The molecule has 0 aliphatic carbocycles. The maximum atomic E-state index is 9.87. The Morgan fingerprint density at radius 3 is 2.80 bits per heavy atom. The normalized spacial score (nSPS) is 16.0. The number of fused-ring (bicyclic) bond motifs is 4. The van der Waals surface area contributed by atoms with Crippen molar-refractivity contribution in [1.29, 1.82) is 5.26 Å². The maximum Gasteiger partial charge on any atom is 0.244 e. The highest BCUT2D eigenvalue weighted by molar-refractivity contribution is 6.08. The third kappa shape index (κ3) is 2.51. The van der Waals surface area contributed by atoms with Crippen LogP contribution in [0.25, 0.3) is 21.8 Å². The summed E-state index contributed by atoms with van der Waals surface area (Å²) in [5.74, 6) is 0.0944.